The molecule has 0 spiro atoms. The molecule has 0 aliphatic heterocycles. The smallest absolute Gasteiger partial charge is 0.296 e. The summed E-state index contributed by atoms with van der Waals surface area (Å²) < 4.78 is 1.57. The number of nitrogens with zero attached hydrogens (tertiary/aromatic N) is 1. The van der Waals surface area contributed by atoms with Gasteiger partial charge in [-0.2, -0.15) is 0 Å². The molecule has 1 amide bonds. The van der Waals surface area contributed by atoms with Gasteiger partial charge < -0.3 is 9.88 Å². The number of aromatic nitrogens is 1. The Kier molecular flexibility index (Phi) is 4.94. The maximum atomic E-state index is 11.8. The van der Waals surface area contributed by atoms with Gasteiger partial charge >= 0.3 is 0 Å². The summed E-state index contributed by atoms with van der Waals surface area (Å²) in [5.74, 6) is 4.68. The van der Waals surface area contributed by atoms with Crippen molar-refractivity contribution >= 4 is 5.91 Å². The van der Waals surface area contributed by atoms with Crippen LogP contribution in [0.1, 0.15) is 18.5 Å². The predicted octanol–water partition coefficient (Wildman–Crippen LogP) is 1.73. The van der Waals surface area contributed by atoms with Gasteiger partial charge in [0.2, 0.25) is 0 Å². The maximum absolute atomic E-state index is 11.8. The summed E-state index contributed by atoms with van der Waals surface area (Å²) in [7, 11) is 0. The van der Waals surface area contributed by atoms with E-state index in [2.05, 4.69) is 17.2 Å². The number of carbonyl (C=O) groups is 1. The van der Waals surface area contributed by atoms with E-state index in [4.69, 9.17) is 0 Å². The van der Waals surface area contributed by atoms with Crippen LogP contribution in [0, 0.1) is 11.8 Å². The van der Waals surface area contributed by atoms with E-state index in [0.29, 0.717) is 6.54 Å². The second-order valence-corrected chi connectivity index (χ2v) is 4.50. The number of amides is 1. The highest BCUT2D eigenvalue weighted by molar-refractivity contribution is 5.93. The lowest BCUT2D eigenvalue weighted by Crippen LogP contribution is -2.33. The summed E-state index contributed by atoms with van der Waals surface area (Å²) in [4.78, 5) is 23.5. The molecule has 2 aromatic rings. The number of carbonyl (C=O) groups excluding carboxylic acids is 1. The second-order valence-electron chi connectivity index (χ2n) is 4.50. The minimum Gasteiger partial charge on any atom is -0.337 e. The standard InChI is InChI=1S/C17H16N2O2/c1-2-8-16(20)18-15(14-9-4-3-5-10-14)13-19-12-7-6-11-17(19)21/h3-7,9-12,15H,13H2,1H3,(H,18,20). The molecule has 1 N–H and O–H groups in total. The molecule has 1 aromatic carbocycles. The number of hydrogen-bond donors (Lipinski definition) is 1. The van der Waals surface area contributed by atoms with Gasteiger partial charge in [-0.3, -0.25) is 9.59 Å². The fourth-order valence-electron chi connectivity index (χ4n) is 2.04. The zero-order chi connectivity index (χ0) is 15.1. The summed E-state index contributed by atoms with van der Waals surface area (Å²) in [6.07, 6.45) is 1.70. The Balaban J connectivity index is 2.27. The van der Waals surface area contributed by atoms with E-state index < -0.39 is 0 Å². The number of benzene rings is 1. The van der Waals surface area contributed by atoms with Crippen molar-refractivity contribution < 1.29 is 4.79 Å². The zero-order valence-electron chi connectivity index (χ0n) is 11.7. The fourth-order valence-corrected chi connectivity index (χ4v) is 2.04. The monoisotopic (exact) mass is 280 g/mol. The summed E-state index contributed by atoms with van der Waals surface area (Å²) in [5, 5.41) is 2.84. The van der Waals surface area contributed by atoms with Crippen LogP contribution in [0.25, 0.3) is 0 Å². The van der Waals surface area contributed by atoms with E-state index in [9.17, 15) is 9.59 Å². The topological polar surface area (TPSA) is 51.1 Å². The minimum atomic E-state index is -0.352. The van der Waals surface area contributed by atoms with Crippen LogP contribution in [0.4, 0.5) is 0 Å². The zero-order valence-corrected chi connectivity index (χ0v) is 11.7. The Morgan fingerprint density at radius 3 is 2.57 bits per heavy atom. The maximum Gasteiger partial charge on any atom is 0.296 e. The molecule has 21 heavy (non-hydrogen) atoms. The molecule has 0 aliphatic rings. The van der Waals surface area contributed by atoms with Gasteiger partial charge in [-0.15, -0.1) is 0 Å². The Bertz CT molecular complexity index is 723. The quantitative estimate of drug-likeness (QED) is 0.867. The van der Waals surface area contributed by atoms with Gasteiger partial charge in [0.25, 0.3) is 11.5 Å². The lowest BCUT2D eigenvalue weighted by molar-refractivity contribution is -0.116. The molecule has 0 saturated carbocycles. The van der Waals surface area contributed by atoms with E-state index in [1.165, 1.54) is 6.07 Å². The first-order chi connectivity index (χ1) is 10.2. The Morgan fingerprint density at radius 2 is 1.90 bits per heavy atom. The van der Waals surface area contributed by atoms with Gasteiger partial charge in [0.15, 0.2) is 0 Å². The molecule has 0 bridgehead atoms. The number of hydrogen-bond acceptors (Lipinski definition) is 2. The fraction of sp³-hybridized carbons (Fsp3) is 0.176. The largest absolute Gasteiger partial charge is 0.337 e. The van der Waals surface area contributed by atoms with Crippen molar-refractivity contribution in [3.63, 3.8) is 0 Å². The second kappa shape index (κ2) is 7.11. The first kappa shape index (κ1) is 14.6. The van der Waals surface area contributed by atoms with Crippen LogP contribution in [0.5, 0.6) is 0 Å². The summed E-state index contributed by atoms with van der Waals surface area (Å²) >= 11 is 0. The lowest BCUT2D eigenvalue weighted by Gasteiger charge is -2.19. The van der Waals surface area contributed by atoms with Crippen molar-refractivity contribution in [1.82, 2.24) is 9.88 Å². The Hall–Kier alpha value is -2.80. The lowest BCUT2D eigenvalue weighted by atomic mass is 10.1. The first-order valence-electron chi connectivity index (χ1n) is 6.64. The molecule has 0 fully saturated rings. The molecule has 1 unspecified atom stereocenters. The van der Waals surface area contributed by atoms with Crippen LogP contribution in [0.2, 0.25) is 0 Å². The van der Waals surface area contributed by atoms with Gasteiger partial charge in [-0.25, -0.2) is 0 Å². The van der Waals surface area contributed by atoms with Crippen molar-refractivity contribution in [2.24, 2.45) is 0 Å². The van der Waals surface area contributed by atoms with Gasteiger partial charge in [0.1, 0.15) is 0 Å². The average Bonchev–Trinajstić information content (AvgIpc) is 2.50. The molecule has 2 rings (SSSR count). The average molecular weight is 280 g/mol. The third kappa shape index (κ3) is 4.08. The SMILES string of the molecule is CC#CC(=O)NC(Cn1ccccc1=O)c1ccccc1. The van der Waals surface area contributed by atoms with E-state index in [0.717, 1.165) is 5.56 Å². The highest BCUT2D eigenvalue weighted by atomic mass is 16.1. The Labute approximate surface area is 123 Å². The van der Waals surface area contributed by atoms with E-state index >= 15 is 0 Å². The number of nitrogens with one attached hydrogen (secondary N) is 1. The van der Waals surface area contributed by atoms with E-state index in [1.807, 2.05) is 30.3 Å². The summed E-state index contributed by atoms with van der Waals surface area (Å²) in [5.41, 5.74) is 0.828. The van der Waals surface area contributed by atoms with E-state index in [-0.39, 0.29) is 17.5 Å². The van der Waals surface area contributed by atoms with Crippen molar-refractivity contribution in [2.45, 2.75) is 19.5 Å². The third-order valence-electron chi connectivity index (χ3n) is 3.02. The molecule has 4 heteroatoms. The Morgan fingerprint density at radius 1 is 1.19 bits per heavy atom. The van der Waals surface area contributed by atoms with Crippen molar-refractivity contribution in [1.29, 1.82) is 0 Å². The van der Waals surface area contributed by atoms with Crippen LogP contribution in [0.3, 0.4) is 0 Å². The summed E-state index contributed by atoms with van der Waals surface area (Å²) in [6, 6.07) is 14.2. The van der Waals surface area contributed by atoms with Gasteiger partial charge in [0.05, 0.1) is 12.6 Å². The molecule has 0 saturated heterocycles. The predicted molar refractivity (Wildman–Crippen MR) is 81.5 cm³/mol. The third-order valence-corrected chi connectivity index (χ3v) is 3.02. The summed E-state index contributed by atoms with van der Waals surface area (Å²) in [6.45, 7) is 1.97. The van der Waals surface area contributed by atoms with Crippen molar-refractivity contribution in [3.8, 4) is 11.8 Å². The van der Waals surface area contributed by atoms with Crippen LogP contribution in [0.15, 0.2) is 59.5 Å². The minimum absolute atomic E-state index is 0.103. The number of pyridine rings is 1. The first-order valence-corrected chi connectivity index (χ1v) is 6.64. The molecular weight excluding hydrogens is 264 g/mol. The molecular formula is C17H16N2O2. The normalized spacial score (nSPS) is 11.1. The van der Waals surface area contributed by atoms with E-state index in [1.54, 1.807) is 29.8 Å². The van der Waals surface area contributed by atoms with Gasteiger partial charge in [-0.1, -0.05) is 42.3 Å². The highest BCUT2D eigenvalue weighted by Gasteiger charge is 2.14. The molecule has 1 atom stereocenters. The van der Waals surface area contributed by atoms with Crippen molar-refractivity contribution in [3.05, 3.63) is 70.6 Å². The van der Waals surface area contributed by atoms with Crippen LogP contribution in [-0.2, 0) is 11.3 Å². The van der Waals surface area contributed by atoms with Gasteiger partial charge in [-0.05, 0) is 24.5 Å². The molecule has 106 valence electrons. The van der Waals surface area contributed by atoms with Crippen LogP contribution in [-0.4, -0.2) is 10.5 Å². The van der Waals surface area contributed by atoms with Crippen LogP contribution < -0.4 is 10.9 Å². The molecule has 4 nitrogen and oxygen atoms in total. The molecule has 1 aromatic heterocycles. The molecule has 1 heterocycles. The molecule has 0 radical (unpaired) electrons. The van der Waals surface area contributed by atoms with Gasteiger partial charge in [0, 0.05) is 12.3 Å². The highest BCUT2D eigenvalue weighted by Crippen LogP contribution is 2.14. The van der Waals surface area contributed by atoms with Crippen molar-refractivity contribution in [2.75, 3.05) is 0 Å². The van der Waals surface area contributed by atoms with Crippen LogP contribution >= 0.6 is 0 Å². The molecule has 0 aliphatic carbocycles. The number of rotatable bonds is 4.